The third kappa shape index (κ3) is 31.9. The van der Waals surface area contributed by atoms with E-state index in [2.05, 4.69) is 0 Å². The van der Waals surface area contributed by atoms with Gasteiger partial charge in [-0.2, -0.15) is 4.65 Å². The van der Waals surface area contributed by atoms with Crippen LogP contribution in [0.5, 0.6) is 0 Å². The van der Waals surface area contributed by atoms with Gasteiger partial charge in [-0.05, 0) is 0 Å². The predicted octanol–water partition coefficient (Wildman–Crippen LogP) is -2.36. The molecule has 0 heterocycles. The molecule has 0 saturated carbocycles. The summed E-state index contributed by atoms with van der Waals surface area (Å²) in [6.07, 6.45) is 0. The van der Waals surface area contributed by atoms with Gasteiger partial charge in [0.1, 0.15) is 6.54 Å². The van der Waals surface area contributed by atoms with Crippen LogP contribution in [0.4, 0.5) is 0 Å². The maximum absolute atomic E-state index is 9.10. The second-order valence-electron chi connectivity index (χ2n) is 2.74. The first kappa shape index (κ1) is 23.8. The number of hydroxylamine groups is 3. The number of nitrogens with zero attached hydrogens (tertiary/aromatic N) is 1. The van der Waals surface area contributed by atoms with Crippen molar-refractivity contribution in [3.8, 4) is 0 Å². The van der Waals surface area contributed by atoms with E-state index in [0.717, 1.165) is 0 Å². The number of carbonyl (C=O) groups is 2. The number of aliphatic carboxylic acids is 2. The first-order valence-corrected chi connectivity index (χ1v) is 3.42. The fourth-order valence-corrected chi connectivity index (χ4v) is 0.316. The van der Waals surface area contributed by atoms with E-state index in [4.69, 9.17) is 30.7 Å². The molecule has 0 bridgehead atoms. The van der Waals surface area contributed by atoms with Gasteiger partial charge >= 0.3 is 29.0 Å². The minimum atomic E-state index is -1.82. The third-order valence-electron chi connectivity index (χ3n) is 0.859. The summed E-state index contributed by atoms with van der Waals surface area (Å²) in [5.41, 5.74) is 5.14. The van der Waals surface area contributed by atoms with Gasteiger partial charge in [0.15, 0.2) is 0 Å². The van der Waals surface area contributed by atoms with Gasteiger partial charge in [0.25, 0.3) is 0 Å². The van der Waals surface area contributed by atoms with E-state index in [1.165, 1.54) is 0 Å². The average Bonchev–Trinajstić information content (AvgIpc) is 1.85. The molecule has 0 saturated heterocycles. The standard InChI is InChI=1S/C4H13N2O.C2H2O4.Cu.H2O/c1-6(2,7)4-3-5;3-1(4)2(5)6;;/h7H,3-5H2,1-2H3;(H,3,4)(H,5,6);;1H2/q+1;;+1;/p+1. The van der Waals surface area contributed by atoms with Crippen LogP contribution < -0.4 is 5.73 Å². The smallest absolute Gasteiger partial charge is 0.473 e. The van der Waals surface area contributed by atoms with E-state index in [-0.39, 0.29) is 27.2 Å². The largest absolute Gasteiger partial charge is 1.00 e. The van der Waals surface area contributed by atoms with Crippen LogP contribution in [0.15, 0.2) is 0 Å². The van der Waals surface area contributed by atoms with Crippen molar-refractivity contribution in [3.63, 3.8) is 0 Å². The van der Waals surface area contributed by atoms with Crippen LogP contribution in [0.1, 0.15) is 0 Å². The van der Waals surface area contributed by atoms with Crippen LogP contribution in [0.25, 0.3) is 0 Å². The van der Waals surface area contributed by atoms with E-state index in [1.54, 1.807) is 14.1 Å². The Morgan fingerprint density at radius 3 is 1.47 bits per heavy atom. The fraction of sp³-hybridized carbons (Fsp3) is 0.667. The van der Waals surface area contributed by atoms with Crippen LogP contribution in [-0.4, -0.2) is 59.2 Å². The second-order valence-corrected chi connectivity index (χ2v) is 2.74. The third-order valence-corrected chi connectivity index (χ3v) is 0.859. The Morgan fingerprint density at radius 1 is 1.20 bits per heavy atom. The quantitative estimate of drug-likeness (QED) is 0.146. The molecule has 8 N–H and O–H groups in total. The minimum Gasteiger partial charge on any atom is -0.473 e. The molecule has 0 aromatic rings. The molecular weight excluding hydrogens is 260 g/mol. The van der Waals surface area contributed by atoms with E-state index < -0.39 is 11.9 Å². The summed E-state index contributed by atoms with van der Waals surface area (Å²) in [5.74, 6) is -3.65. The second kappa shape index (κ2) is 11.4. The molecule has 0 atom stereocenters. The molecule has 0 unspecified atom stereocenters. The van der Waals surface area contributed by atoms with Gasteiger partial charge in [-0.3, -0.25) is 0 Å². The van der Waals surface area contributed by atoms with Gasteiger partial charge in [0, 0.05) is 6.54 Å². The molecule has 0 fully saturated rings. The minimum absolute atomic E-state index is 0. The van der Waals surface area contributed by atoms with Crippen LogP contribution in [-0.2, 0) is 32.1 Å². The zero-order chi connectivity index (χ0) is 11.1. The summed E-state index contributed by atoms with van der Waals surface area (Å²) in [4.78, 5) is 18.2. The predicted molar refractivity (Wildman–Crippen MR) is 48.0 cm³/mol. The van der Waals surface area contributed by atoms with Crippen molar-refractivity contribution < 1.29 is 52.2 Å². The number of quaternary nitrogens is 1. The van der Waals surface area contributed by atoms with Crippen molar-refractivity contribution in [3.05, 3.63) is 0 Å². The summed E-state index contributed by atoms with van der Waals surface area (Å²) < 4.78 is -0.0312. The number of carboxylic acid groups (broad SMARTS) is 2. The molecule has 0 aliphatic carbocycles. The average molecular weight is 278 g/mol. The van der Waals surface area contributed by atoms with E-state index in [0.29, 0.717) is 13.1 Å². The van der Waals surface area contributed by atoms with E-state index in [9.17, 15) is 0 Å². The van der Waals surface area contributed by atoms with E-state index >= 15 is 0 Å². The summed E-state index contributed by atoms with van der Waals surface area (Å²) in [7, 11) is 3.37. The Bertz CT molecular complexity index is 169. The molecule has 0 amide bonds. The Balaban J connectivity index is -0.0000000718. The first-order chi connectivity index (χ1) is 5.70. The Kier molecular flexibility index (Phi) is 18.1. The Labute approximate surface area is 97.6 Å². The summed E-state index contributed by atoms with van der Waals surface area (Å²) in [6, 6.07) is 0. The van der Waals surface area contributed by atoms with Gasteiger partial charge < -0.3 is 21.4 Å². The molecule has 96 valence electrons. The summed E-state index contributed by atoms with van der Waals surface area (Å²) in [5, 5.41) is 23.7. The molecule has 9 heteroatoms. The molecule has 0 aromatic carbocycles. The van der Waals surface area contributed by atoms with Crippen molar-refractivity contribution in [2.24, 2.45) is 5.73 Å². The molecule has 0 spiro atoms. The van der Waals surface area contributed by atoms with Crippen LogP contribution in [0.3, 0.4) is 0 Å². The number of likely N-dealkylation sites (N-methyl/N-ethyl adjacent to an activating group) is 1. The van der Waals surface area contributed by atoms with Crippen LogP contribution in [0.2, 0.25) is 0 Å². The van der Waals surface area contributed by atoms with Crippen LogP contribution >= 0.6 is 0 Å². The topological polar surface area (TPSA) is 154 Å². The maximum Gasteiger partial charge on any atom is 1.00 e. The van der Waals surface area contributed by atoms with Crippen molar-refractivity contribution in [2.75, 3.05) is 27.2 Å². The molecule has 0 radical (unpaired) electrons. The number of hydrogen-bond acceptors (Lipinski definition) is 4. The molecule has 0 aliphatic rings. The molecule has 0 aliphatic heterocycles. The number of nitrogens with two attached hydrogens (primary N) is 1. The fourth-order valence-electron chi connectivity index (χ4n) is 0.316. The van der Waals surface area contributed by atoms with Gasteiger partial charge in [-0.1, -0.05) is 0 Å². The zero-order valence-corrected chi connectivity index (χ0v) is 9.42. The van der Waals surface area contributed by atoms with Crippen LogP contribution in [0, 0.1) is 0 Å². The number of hydrogen-bond donors (Lipinski definition) is 4. The van der Waals surface area contributed by atoms with Gasteiger partial charge in [-0.15, -0.1) is 0 Å². The van der Waals surface area contributed by atoms with Crippen molar-refractivity contribution in [2.45, 2.75) is 0 Å². The van der Waals surface area contributed by atoms with E-state index in [1.807, 2.05) is 0 Å². The molecule has 8 nitrogen and oxygen atoms in total. The SMILES string of the molecule is C[N+](C)(O)CCN.O=C(O)C(=O)O.[Cu+].[OH3+]. The monoisotopic (exact) mass is 277 g/mol. The molecule has 0 aromatic heterocycles. The number of rotatable bonds is 2. The van der Waals surface area contributed by atoms with Gasteiger partial charge in [0.05, 0.1) is 14.1 Å². The maximum atomic E-state index is 9.10. The van der Waals surface area contributed by atoms with Gasteiger partial charge in [0.2, 0.25) is 0 Å². The van der Waals surface area contributed by atoms with Crippen molar-refractivity contribution in [1.82, 2.24) is 0 Å². The zero-order valence-electron chi connectivity index (χ0n) is 8.48. The van der Waals surface area contributed by atoms with Crippen molar-refractivity contribution in [1.29, 1.82) is 0 Å². The molecular formula is C6H18CuN2O6+3. The first-order valence-electron chi connectivity index (χ1n) is 3.42. The normalized spacial score (nSPS) is 8.53. The molecule has 0 rings (SSSR count). The molecule has 15 heavy (non-hydrogen) atoms. The Hall–Kier alpha value is -0.701. The summed E-state index contributed by atoms with van der Waals surface area (Å²) >= 11 is 0. The summed E-state index contributed by atoms with van der Waals surface area (Å²) in [6.45, 7) is 1.14. The number of carboxylic acids is 2. The van der Waals surface area contributed by atoms with Gasteiger partial charge in [-0.25, -0.2) is 14.8 Å². The van der Waals surface area contributed by atoms with Crippen molar-refractivity contribution >= 4 is 11.9 Å². The Morgan fingerprint density at radius 2 is 1.47 bits per heavy atom.